The van der Waals surface area contributed by atoms with E-state index >= 15 is 0 Å². The normalized spacial score (nSPS) is 10.3. The van der Waals surface area contributed by atoms with Crippen LogP contribution in [0.5, 0.6) is 5.75 Å². The number of methoxy groups -OCH3 is 2. The fraction of sp³-hybridized carbons (Fsp3) is 0.333. The molecule has 7 nitrogen and oxygen atoms in total. The summed E-state index contributed by atoms with van der Waals surface area (Å²) in [5.74, 6) is -0.0424. The molecular weight excluding hydrogens is 318 g/mol. The first-order valence-electron chi connectivity index (χ1n) is 6.90. The Bertz CT molecular complexity index is 646. The average molecular weight is 337 g/mol. The third kappa shape index (κ3) is 4.57. The molecule has 0 saturated carbocycles. The number of thiazole rings is 1. The first-order valence-corrected chi connectivity index (χ1v) is 7.78. The van der Waals surface area contributed by atoms with Crippen LogP contribution < -0.4 is 15.8 Å². The topological polar surface area (TPSA) is 95.7 Å². The number of anilines is 2. The number of hydrogen-bond donors (Lipinski definition) is 2. The fourth-order valence-corrected chi connectivity index (χ4v) is 2.41. The van der Waals surface area contributed by atoms with Crippen molar-refractivity contribution >= 4 is 28.7 Å². The van der Waals surface area contributed by atoms with Crippen LogP contribution in [0.2, 0.25) is 0 Å². The minimum atomic E-state index is -0.456. The number of ether oxygens (including phenoxy) is 3. The Balaban J connectivity index is 2.22. The van der Waals surface area contributed by atoms with Crippen LogP contribution in [0.4, 0.5) is 11.4 Å². The highest BCUT2D eigenvalue weighted by atomic mass is 32.1. The van der Waals surface area contributed by atoms with Crippen molar-refractivity contribution in [3.05, 3.63) is 34.3 Å². The second-order valence-corrected chi connectivity index (χ2v) is 5.56. The summed E-state index contributed by atoms with van der Waals surface area (Å²) >= 11 is 1.53. The van der Waals surface area contributed by atoms with Gasteiger partial charge in [-0.2, -0.15) is 0 Å². The van der Waals surface area contributed by atoms with Crippen LogP contribution in [0.3, 0.4) is 0 Å². The lowest BCUT2D eigenvalue weighted by Gasteiger charge is -2.15. The number of nitrogens with two attached hydrogens (primary N) is 1. The molecule has 0 unspecified atom stereocenters. The summed E-state index contributed by atoms with van der Waals surface area (Å²) in [6.07, 6.45) is 1.77. The summed E-state index contributed by atoms with van der Waals surface area (Å²) in [6.45, 7) is 1.31. The average Bonchev–Trinajstić information content (AvgIpc) is 3.08. The third-order valence-electron chi connectivity index (χ3n) is 3.04. The van der Waals surface area contributed by atoms with Crippen molar-refractivity contribution in [2.24, 2.45) is 0 Å². The molecule has 1 aromatic carbocycles. The quantitative estimate of drug-likeness (QED) is 0.433. The SMILES string of the molecule is COCCOc1cc(C(=O)OC)cc(NCc2cncs2)c1N. The van der Waals surface area contributed by atoms with E-state index in [1.165, 1.54) is 18.4 Å². The molecule has 2 aromatic rings. The lowest BCUT2D eigenvalue weighted by atomic mass is 10.1. The van der Waals surface area contributed by atoms with E-state index in [0.717, 1.165) is 4.88 Å². The van der Waals surface area contributed by atoms with Gasteiger partial charge in [0.05, 0.1) is 42.7 Å². The lowest BCUT2D eigenvalue weighted by Crippen LogP contribution is -2.10. The van der Waals surface area contributed by atoms with Crippen LogP contribution in [0.25, 0.3) is 0 Å². The molecule has 0 spiro atoms. The van der Waals surface area contributed by atoms with Crippen LogP contribution in [0.1, 0.15) is 15.2 Å². The zero-order chi connectivity index (χ0) is 16.7. The Kier molecular flexibility index (Phi) is 6.19. The molecule has 23 heavy (non-hydrogen) atoms. The van der Waals surface area contributed by atoms with Crippen molar-refractivity contribution < 1.29 is 19.0 Å². The van der Waals surface area contributed by atoms with Crippen LogP contribution in [-0.4, -0.2) is 38.4 Å². The summed E-state index contributed by atoms with van der Waals surface area (Å²) in [7, 11) is 2.91. The molecule has 0 amide bonds. The Morgan fingerprint density at radius 1 is 1.35 bits per heavy atom. The highest BCUT2D eigenvalue weighted by Crippen LogP contribution is 2.32. The van der Waals surface area contributed by atoms with E-state index in [0.29, 0.717) is 42.4 Å². The molecule has 1 aromatic heterocycles. The molecule has 8 heteroatoms. The monoisotopic (exact) mass is 337 g/mol. The molecule has 0 aliphatic rings. The number of hydrogen-bond acceptors (Lipinski definition) is 8. The number of carbonyl (C=O) groups excluding carboxylic acids is 1. The maximum Gasteiger partial charge on any atom is 0.338 e. The Hall–Kier alpha value is -2.32. The largest absolute Gasteiger partial charge is 0.489 e. The van der Waals surface area contributed by atoms with Crippen LogP contribution in [-0.2, 0) is 16.0 Å². The van der Waals surface area contributed by atoms with Crippen molar-refractivity contribution in [1.82, 2.24) is 4.98 Å². The highest BCUT2D eigenvalue weighted by Gasteiger charge is 2.14. The van der Waals surface area contributed by atoms with E-state index in [1.807, 2.05) is 0 Å². The maximum absolute atomic E-state index is 11.8. The zero-order valence-corrected chi connectivity index (χ0v) is 13.8. The summed E-state index contributed by atoms with van der Waals surface area (Å²) < 4.78 is 15.3. The van der Waals surface area contributed by atoms with Gasteiger partial charge in [0.1, 0.15) is 12.4 Å². The van der Waals surface area contributed by atoms with Gasteiger partial charge in [-0.25, -0.2) is 4.79 Å². The van der Waals surface area contributed by atoms with Gasteiger partial charge in [-0.3, -0.25) is 4.98 Å². The molecule has 2 rings (SSSR count). The van der Waals surface area contributed by atoms with Crippen molar-refractivity contribution in [1.29, 1.82) is 0 Å². The number of rotatable bonds is 8. The molecule has 0 aliphatic heterocycles. The number of esters is 1. The lowest BCUT2D eigenvalue weighted by molar-refractivity contribution is 0.0600. The van der Waals surface area contributed by atoms with E-state index in [2.05, 4.69) is 10.3 Å². The van der Waals surface area contributed by atoms with Gasteiger partial charge in [0.15, 0.2) is 0 Å². The van der Waals surface area contributed by atoms with Crippen LogP contribution in [0, 0.1) is 0 Å². The molecule has 1 heterocycles. The Morgan fingerprint density at radius 3 is 2.83 bits per heavy atom. The zero-order valence-electron chi connectivity index (χ0n) is 13.0. The summed E-state index contributed by atoms with van der Waals surface area (Å²) in [5, 5.41) is 3.19. The number of benzene rings is 1. The molecular formula is C15H19N3O4S. The number of nitrogen functional groups attached to an aromatic ring is 1. The van der Waals surface area contributed by atoms with Gasteiger partial charge in [-0.05, 0) is 12.1 Å². The van der Waals surface area contributed by atoms with E-state index in [-0.39, 0.29) is 0 Å². The summed E-state index contributed by atoms with van der Waals surface area (Å²) in [5.41, 5.74) is 9.27. The molecule has 0 bridgehead atoms. The highest BCUT2D eigenvalue weighted by molar-refractivity contribution is 7.09. The van der Waals surface area contributed by atoms with Gasteiger partial charge >= 0.3 is 5.97 Å². The van der Waals surface area contributed by atoms with Gasteiger partial charge in [0, 0.05) is 18.2 Å². The standard InChI is InChI=1S/C15H19N3O4S/c1-20-3-4-22-13-6-10(15(19)21-2)5-12(14(13)16)18-8-11-7-17-9-23-11/h5-7,9,18H,3-4,8,16H2,1-2H3. The molecule has 0 aliphatic carbocycles. The second-order valence-electron chi connectivity index (χ2n) is 4.59. The second kappa shape index (κ2) is 8.35. The Morgan fingerprint density at radius 2 is 2.17 bits per heavy atom. The van der Waals surface area contributed by atoms with Crippen LogP contribution in [0.15, 0.2) is 23.8 Å². The Labute approximate surface area is 138 Å². The van der Waals surface area contributed by atoms with E-state index in [9.17, 15) is 4.79 Å². The van der Waals surface area contributed by atoms with E-state index in [1.54, 1.807) is 30.9 Å². The molecule has 0 radical (unpaired) electrons. The van der Waals surface area contributed by atoms with Crippen molar-refractivity contribution in [3.8, 4) is 5.75 Å². The minimum Gasteiger partial charge on any atom is -0.489 e. The molecule has 0 fully saturated rings. The van der Waals surface area contributed by atoms with Crippen molar-refractivity contribution in [2.75, 3.05) is 38.5 Å². The molecule has 0 atom stereocenters. The van der Waals surface area contributed by atoms with Gasteiger partial charge < -0.3 is 25.3 Å². The number of carbonyl (C=O) groups is 1. The molecule has 0 saturated heterocycles. The van der Waals surface area contributed by atoms with Crippen molar-refractivity contribution in [2.45, 2.75) is 6.54 Å². The third-order valence-corrected chi connectivity index (χ3v) is 3.82. The summed E-state index contributed by atoms with van der Waals surface area (Å²) in [4.78, 5) is 16.9. The first-order chi connectivity index (χ1) is 11.2. The predicted octanol–water partition coefficient (Wildman–Crippen LogP) is 2.15. The van der Waals surface area contributed by atoms with Gasteiger partial charge in [0.2, 0.25) is 0 Å². The number of nitrogens with one attached hydrogen (secondary N) is 1. The van der Waals surface area contributed by atoms with Gasteiger partial charge in [-0.1, -0.05) is 0 Å². The van der Waals surface area contributed by atoms with Crippen molar-refractivity contribution in [3.63, 3.8) is 0 Å². The maximum atomic E-state index is 11.8. The van der Waals surface area contributed by atoms with Gasteiger partial charge in [0.25, 0.3) is 0 Å². The molecule has 3 N–H and O–H groups in total. The smallest absolute Gasteiger partial charge is 0.338 e. The molecule has 124 valence electrons. The first kappa shape index (κ1) is 17.0. The number of aromatic nitrogens is 1. The number of nitrogens with zero attached hydrogens (tertiary/aromatic N) is 1. The fourth-order valence-electron chi connectivity index (χ4n) is 1.87. The summed E-state index contributed by atoms with van der Waals surface area (Å²) in [6, 6.07) is 3.21. The van der Waals surface area contributed by atoms with E-state index < -0.39 is 5.97 Å². The predicted molar refractivity (Wildman–Crippen MR) is 89.0 cm³/mol. The van der Waals surface area contributed by atoms with E-state index in [4.69, 9.17) is 19.9 Å². The van der Waals surface area contributed by atoms with Gasteiger partial charge in [-0.15, -0.1) is 11.3 Å². The minimum absolute atomic E-state index is 0.333. The van der Waals surface area contributed by atoms with Crippen LogP contribution >= 0.6 is 11.3 Å².